The van der Waals surface area contributed by atoms with Gasteiger partial charge in [-0.25, -0.2) is 9.97 Å². The van der Waals surface area contributed by atoms with Gasteiger partial charge in [0.05, 0.1) is 10.6 Å². The maximum absolute atomic E-state index is 11.5. The number of rotatable bonds is 3. The number of hydrogen-bond donors (Lipinski definition) is 0. The molecule has 1 atom stereocenters. The predicted molar refractivity (Wildman–Crippen MR) is 99.5 cm³/mol. The van der Waals surface area contributed by atoms with E-state index in [0.717, 1.165) is 51.5 Å². The third-order valence-electron chi connectivity index (χ3n) is 4.66. The zero-order valence-electron chi connectivity index (χ0n) is 14.3. The molecule has 25 heavy (non-hydrogen) atoms. The lowest BCUT2D eigenvalue weighted by atomic mass is 9.71. The van der Waals surface area contributed by atoms with Gasteiger partial charge in [0.2, 0.25) is 0 Å². The average Bonchev–Trinajstić information content (AvgIpc) is 3.10. The molecule has 4 rings (SSSR count). The van der Waals surface area contributed by atoms with Crippen LogP contribution in [0.25, 0.3) is 21.1 Å². The van der Waals surface area contributed by atoms with Crippen molar-refractivity contribution < 1.29 is 4.79 Å². The summed E-state index contributed by atoms with van der Waals surface area (Å²) in [6.07, 6.45) is 8.31. The molecule has 0 aromatic carbocycles. The van der Waals surface area contributed by atoms with Crippen LogP contribution >= 0.6 is 11.3 Å². The molecule has 1 aliphatic rings. The minimum Gasteiger partial charge on any atom is -0.303 e. The number of thiazole rings is 1. The molecule has 0 amide bonds. The molecule has 3 heterocycles. The Balaban J connectivity index is 1.71. The van der Waals surface area contributed by atoms with E-state index in [1.54, 1.807) is 17.5 Å². The highest BCUT2D eigenvalue weighted by molar-refractivity contribution is 7.18. The van der Waals surface area contributed by atoms with Crippen molar-refractivity contribution in [2.45, 2.75) is 32.6 Å². The van der Waals surface area contributed by atoms with E-state index in [2.05, 4.69) is 29.9 Å². The number of aldehydes is 1. The van der Waals surface area contributed by atoms with Gasteiger partial charge < -0.3 is 4.79 Å². The van der Waals surface area contributed by atoms with Crippen molar-refractivity contribution in [3.05, 3.63) is 54.1 Å². The van der Waals surface area contributed by atoms with Gasteiger partial charge in [-0.2, -0.15) is 0 Å². The lowest BCUT2D eigenvalue weighted by molar-refractivity contribution is -0.109. The van der Waals surface area contributed by atoms with E-state index in [4.69, 9.17) is 4.98 Å². The third-order valence-corrected chi connectivity index (χ3v) is 5.73. The van der Waals surface area contributed by atoms with Gasteiger partial charge in [-0.1, -0.05) is 26.0 Å². The van der Waals surface area contributed by atoms with Gasteiger partial charge in [-0.3, -0.25) is 4.98 Å². The average molecular weight is 349 g/mol. The number of fused-ring (bicyclic) bond motifs is 1. The zero-order valence-corrected chi connectivity index (χ0v) is 15.1. The fourth-order valence-corrected chi connectivity index (χ4v) is 4.37. The Kier molecular flexibility index (Phi) is 3.96. The summed E-state index contributed by atoms with van der Waals surface area (Å²) in [6, 6.07) is 7.99. The lowest BCUT2D eigenvalue weighted by Gasteiger charge is -2.34. The Morgan fingerprint density at radius 3 is 2.88 bits per heavy atom. The Morgan fingerprint density at radius 1 is 1.24 bits per heavy atom. The van der Waals surface area contributed by atoms with Gasteiger partial charge in [-0.15, -0.1) is 11.3 Å². The summed E-state index contributed by atoms with van der Waals surface area (Å²) < 4.78 is 0. The van der Waals surface area contributed by atoms with Crippen molar-refractivity contribution in [1.82, 2.24) is 15.0 Å². The fraction of sp³-hybridized carbons (Fsp3) is 0.300. The summed E-state index contributed by atoms with van der Waals surface area (Å²) in [5, 5.41) is 0.896. The first-order valence-corrected chi connectivity index (χ1v) is 9.19. The Labute approximate surface area is 151 Å². The van der Waals surface area contributed by atoms with Crippen molar-refractivity contribution in [1.29, 1.82) is 0 Å². The van der Waals surface area contributed by atoms with Crippen molar-refractivity contribution in [2.24, 2.45) is 5.41 Å². The molecule has 3 aromatic heterocycles. The highest BCUT2D eigenvalue weighted by Gasteiger charge is 2.33. The van der Waals surface area contributed by atoms with Crippen LogP contribution in [0.4, 0.5) is 0 Å². The number of aromatic nitrogens is 3. The molecule has 0 radical (unpaired) electrons. The highest BCUT2D eigenvalue weighted by Crippen LogP contribution is 2.41. The monoisotopic (exact) mass is 349 g/mol. The van der Waals surface area contributed by atoms with Crippen molar-refractivity contribution in [3.63, 3.8) is 0 Å². The second-order valence-corrected chi connectivity index (χ2v) is 8.32. The van der Waals surface area contributed by atoms with Gasteiger partial charge in [0.15, 0.2) is 0 Å². The van der Waals surface area contributed by atoms with Crippen molar-refractivity contribution in [2.75, 3.05) is 0 Å². The number of pyridine rings is 2. The molecule has 5 heteroatoms. The Hall–Kier alpha value is -2.40. The number of nitrogens with zero attached hydrogens (tertiary/aromatic N) is 3. The molecule has 3 aromatic rings. The van der Waals surface area contributed by atoms with Gasteiger partial charge in [0, 0.05) is 35.8 Å². The van der Waals surface area contributed by atoms with Gasteiger partial charge in [0.25, 0.3) is 0 Å². The SMILES string of the molecule is CC1(C)Cc2nc(-c3ncc(-c4cccnc4)s3)ccc2C(C=O)C1. The van der Waals surface area contributed by atoms with Gasteiger partial charge >= 0.3 is 0 Å². The zero-order chi connectivity index (χ0) is 17.4. The smallest absolute Gasteiger partial charge is 0.142 e. The summed E-state index contributed by atoms with van der Waals surface area (Å²) in [7, 11) is 0. The van der Waals surface area contributed by atoms with E-state index in [9.17, 15) is 4.79 Å². The van der Waals surface area contributed by atoms with Crippen LogP contribution in [0.5, 0.6) is 0 Å². The Bertz CT molecular complexity index is 918. The molecule has 0 N–H and O–H groups in total. The van der Waals surface area contributed by atoms with Crippen molar-refractivity contribution >= 4 is 17.6 Å². The quantitative estimate of drug-likeness (QED) is 0.652. The summed E-state index contributed by atoms with van der Waals surface area (Å²) >= 11 is 1.61. The standard InChI is InChI=1S/C20H19N3OS/c1-20(2)8-14(12-24)15-5-6-16(23-17(15)9-20)19-22-11-18(25-19)13-4-3-7-21-10-13/h3-7,10-12,14H,8-9H2,1-2H3. The summed E-state index contributed by atoms with van der Waals surface area (Å²) in [4.78, 5) is 26.1. The third kappa shape index (κ3) is 3.12. The molecule has 0 fully saturated rings. The lowest BCUT2D eigenvalue weighted by Crippen LogP contribution is -2.27. The topological polar surface area (TPSA) is 55.7 Å². The first-order valence-electron chi connectivity index (χ1n) is 8.37. The molecule has 1 unspecified atom stereocenters. The molecule has 0 aliphatic heterocycles. The predicted octanol–water partition coefficient (Wildman–Crippen LogP) is 4.52. The van der Waals surface area contributed by atoms with E-state index >= 15 is 0 Å². The second-order valence-electron chi connectivity index (χ2n) is 7.29. The maximum atomic E-state index is 11.5. The van der Waals surface area contributed by atoms with Crippen LogP contribution in [0.3, 0.4) is 0 Å². The van der Waals surface area contributed by atoms with Crippen LogP contribution < -0.4 is 0 Å². The molecule has 0 saturated carbocycles. The largest absolute Gasteiger partial charge is 0.303 e. The van der Waals surface area contributed by atoms with Crippen LogP contribution in [0.1, 0.15) is 37.4 Å². The van der Waals surface area contributed by atoms with Crippen LogP contribution in [-0.2, 0) is 11.2 Å². The fourth-order valence-electron chi connectivity index (χ4n) is 3.50. The first-order chi connectivity index (χ1) is 12.1. The van der Waals surface area contributed by atoms with Crippen LogP contribution in [0.15, 0.2) is 42.9 Å². The minimum atomic E-state index is -0.0532. The van der Waals surface area contributed by atoms with E-state index in [0.29, 0.717) is 0 Å². The molecular weight excluding hydrogens is 330 g/mol. The van der Waals surface area contributed by atoms with Gasteiger partial charge in [0.1, 0.15) is 11.3 Å². The van der Waals surface area contributed by atoms with E-state index < -0.39 is 0 Å². The summed E-state index contributed by atoms with van der Waals surface area (Å²) in [5.41, 5.74) is 4.13. The summed E-state index contributed by atoms with van der Waals surface area (Å²) in [5.74, 6) is -0.0532. The molecule has 126 valence electrons. The van der Waals surface area contributed by atoms with Crippen LogP contribution in [0.2, 0.25) is 0 Å². The first kappa shape index (κ1) is 16.1. The van der Waals surface area contributed by atoms with E-state index in [1.807, 2.05) is 30.6 Å². The molecular formula is C20H19N3OS. The molecule has 0 bridgehead atoms. The number of hydrogen-bond acceptors (Lipinski definition) is 5. The number of carbonyl (C=O) groups is 1. The second kappa shape index (κ2) is 6.15. The van der Waals surface area contributed by atoms with Crippen LogP contribution in [-0.4, -0.2) is 21.2 Å². The molecule has 4 nitrogen and oxygen atoms in total. The summed E-state index contributed by atoms with van der Waals surface area (Å²) in [6.45, 7) is 4.40. The highest BCUT2D eigenvalue weighted by atomic mass is 32.1. The maximum Gasteiger partial charge on any atom is 0.142 e. The van der Waals surface area contributed by atoms with Crippen molar-refractivity contribution in [3.8, 4) is 21.1 Å². The number of carbonyl (C=O) groups excluding carboxylic acids is 1. The minimum absolute atomic E-state index is 0.0532. The Morgan fingerprint density at radius 2 is 2.12 bits per heavy atom. The van der Waals surface area contributed by atoms with E-state index in [-0.39, 0.29) is 11.3 Å². The van der Waals surface area contributed by atoms with Gasteiger partial charge in [-0.05, 0) is 36.0 Å². The normalized spacial score (nSPS) is 18.6. The van der Waals surface area contributed by atoms with Crippen LogP contribution in [0, 0.1) is 5.41 Å². The van der Waals surface area contributed by atoms with E-state index in [1.165, 1.54) is 0 Å². The molecule has 1 aliphatic carbocycles. The molecule has 0 saturated heterocycles. The molecule has 0 spiro atoms.